The van der Waals surface area contributed by atoms with Crippen LogP contribution in [0, 0.1) is 0 Å². The van der Waals surface area contributed by atoms with Gasteiger partial charge in [-0.05, 0) is 24.5 Å². The van der Waals surface area contributed by atoms with Gasteiger partial charge in [-0.1, -0.05) is 31.5 Å². The number of hydrogen-bond donors (Lipinski definition) is 3. The first-order valence-electron chi connectivity index (χ1n) is 8.80. The Labute approximate surface area is 149 Å². The van der Waals surface area contributed by atoms with Gasteiger partial charge in [0.15, 0.2) is 11.8 Å². The molecule has 0 fully saturated rings. The molecule has 25 heavy (non-hydrogen) atoms. The van der Waals surface area contributed by atoms with E-state index in [1.54, 1.807) is 7.05 Å². The van der Waals surface area contributed by atoms with Crippen LogP contribution in [0.1, 0.15) is 31.7 Å². The van der Waals surface area contributed by atoms with Crippen molar-refractivity contribution in [1.82, 2.24) is 25.8 Å². The summed E-state index contributed by atoms with van der Waals surface area (Å²) in [6.45, 7) is 5.33. The highest BCUT2D eigenvalue weighted by Crippen LogP contribution is 2.15. The van der Waals surface area contributed by atoms with Gasteiger partial charge in [0.2, 0.25) is 0 Å². The largest absolute Gasteiger partial charge is 0.381 e. The second-order valence-corrected chi connectivity index (χ2v) is 5.71. The van der Waals surface area contributed by atoms with Gasteiger partial charge in [0, 0.05) is 38.9 Å². The molecule has 0 unspecified atom stereocenters. The standard InChI is InChI=1S/C18H28N6O/c1-3-4-10-25-11-6-9-20-18(19-2)21-13-15-7-5-8-16(12-15)17-22-14-23-24-17/h5,7-8,12,14H,3-4,6,9-11,13H2,1-2H3,(H2,19,20,21)(H,22,23,24). The minimum absolute atomic E-state index is 0.689. The molecule has 7 nitrogen and oxygen atoms in total. The van der Waals surface area contributed by atoms with Crippen LogP contribution in [0.5, 0.6) is 0 Å². The third kappa shape index (κ3) is 6.93. The predicted octanol–water partition coefficient (Wildman–Crippen LogP) is 2.34. The molecule has 0 radical (unpaired) electrons. The van der Waals surface area contributed by atoms with Crippen molar-refractivity contribution >= 4 is 5.96 Å². The van der Waals surface area contributed by atoms with Gasteiger partial charge in [0.25, 0.3) is 0 Å². The Morgan fingerprint density at radius 2 is 2.12 bits per heavy atom. The number of ether oxygens (including phenoxy) is 1. The molecule has 136 valence electrons. The van der Waals surface area contributed by atoms with Gasteiger partial charge in [-0.3, -0.25) is 10.1 Å². The fourth-order valence-corrected chi connectivity index (χ4v) is 2.31. The summed E-state index contributed by atoms with van der Waals surface area (Å²) in [6.07, 6.45) is 4.78. The quantitative estimate of drug-likeness (QED) is 0.350. The van der Waals surface area contributed by atoms with E-state index in [-0.39, 0.29) is 0 Å². The van der Waals surface area contributed by atoms with E-state index < -0.39 is 0 Å². The third-order valence-electron chi connectivity index (χ3n) is 3.70. The highest BCUT2D eigenvalue weighted by Gasteiger charge is 2.03. The maximum absolute atomic E-state index is 5.55. The second kappa shape index (κ2) is 11.2. The number of nitrogens with one attached hydrogen (secondary N) is 3. The fourth-order valence-electron chi connectivity index (χ4n) is 2.31. The second-order valence-electron chi connectivity index (χ2n) is 5.71. The molecule has 0 atom stereocenters. The van der Waals surface area contributed by atoms with Gasteiger partial charge in [-0.25, -0.2) is 4.98 Å². The van der Waals surface area contributed by atoms with E-state index in [0.717, 1.165) is 55.5 Å². The molecule has 0 aliphatic rings. The molecule has 0 amide bonds. The average molecular weight is 344 g/mol. The highest BCUT2D eigenvalue weighted by molar-refractivity contribution is 5.79. The number of nitrogens with zero attached hydrogens (tertiary/aromatic N) is 3. The lowest BCUT2D eigenvalue weighted by atomic mass is 10.1. The first-order valence-corrected chi connectivity index (χ1v) is 8.80. The number of unbranched alkanes of at least 4 members (excludes halogenated alkanes) is 1. The molecule has 2 rings (SSSR count). The van der Waals surface area contributed by atoms with Crippen LogP contribution in [-0.2, 0) is 11.3 Å². The van der Waals surface area contributed by atoms with Gasteiger partial charge in [-0.15, -0.1) is 0 Å². The first-order chi connectivity index (χ1) is 12.3. The summed E-state index contributed by atoms with van der Waals surface area (Å²) in [4.78, 5) is 8.43. The smallest absolute Gasteiger partial charge is 0.191 e. The monoisotopic (exact) mass is 344 g/mol. The van der Waals surface area contributed by atoms with Crippen LogP contribution < -0.4 is 10.6 Å². The summed E-state index contributed by atoms with van der Waals surface area (Å²) in [5.41, 5.74) is 2.17. The zero-order chi connectivity index (χ0) is 17.7. The summed E-state index contributed by atoms with van der Waals surface area (Å²) < 4.78 is 5.55. The van der Waals surface area contributed by atoms with E-state index in [1.807, 2.05) is 12.1 Å². The lowest BCUT2D eigenvalue weighted by molar-refractivity contribution is 0.129. The van der Waals surface area contributed by atoms with E-state index >= 15 is 0 Å². The molecule has 1 heterocycles. The summed E-state index contributed by atoms with van der Waals surface area (Å²) >= 11 is 0. The van der Waals surface area contributed by atoms with Gasteiger partial charge in [0.05, 0.1) is 0 Å². The van der Waals surface area contributed by atoms with Crippen molar-refractivity contribution in [2.45, 2.75) is 32.7 Å². The van der Waals surface area contributed by atoms with Gasteiger partial charge >= 0.3 is 0 Å². The maximum atomic E-state index is 5.55. The van der Waals surface area contributed by atoms with Crippen molar-refractivity contribution in [1.29, 1.82) is 0 Å². The first kappa shape index (κ1) is 18.9. The lowest BCUT2D eigenvalue weighted by Crippen LogP contribution is -2.37. The molecular weight excluding hydrogens is 316 g/mol. The fraction of sp³-hybridized carbons (Fsp3) is 0.500. The molecule has 1 aromatic heterocycles. The average Bonchev–Trinajstić information content (AvgIpc) is 3.18. The van der Waals surface area contributed by atoms with Crippen molar-refractivity contribution < 1.29 is 4.74 Å². The van der Waals surface area contributed by atoms with E-state index in [0.29, 0.717) is 6.54 Å². The van der Waals surface area contributed by atoms with E-state index in [2.05, 4.69) is 49.9 Å². The van der Waals surface area contributed by atoms with Crippen molar-refractivity contribution in [3.05, 3.63) is 36.2 Å². The van der Waals surface area contributed by atoms with Crippen LogP contribution >= 0.6 is 0 Å². The van der Waals surface area contributed by atoms with Crippen LogP contribution in [0.4, 0.5) is 0 Å². The SMILES string of the molecule is CCCCOCCCNC(=NC)NCc1cccc(-c2ncn[nH]2)c1. The predicted molar refractivity (Wildman–Crippen MR) is 100 cm³/mol. The van der Waals surface area contributed by atoms with Crippen LogP contribution in [0.25, 0.3) is 11.4 Å². The van der Waals surface area contributed by atoms with Crippen molar-refractivity contribution in [3.63, 3.8) is 0 Å². The number of hydrogen-bond acceptors (Lipinski definition) is 4. The van der Waals surface area contributed by atoms with Gasteiger partial charge in [-0.2, -0.15) is 5.10 Å². The van der Waals surface area contributed by atoms with Crippen molar-refractivity contribution in [2.24, 2.45) is 4.99 Å². The Kier molecular flexibility index (Phi) is 8.48. The van der Waals surface area contributed by atoms with E-state index in [9.17, 15) is 0 Å². The molecule has 0 spiro atoms. The Morgan fingerprint density at radius 3 is 2.88 bits per heavy atom. The number of rotatable bonds is 10. The Morgan fingerprint density at radius 1 is 1.24 bits per heavy atom. The number of aromatic nitrogens is 3. The molecule has 1 aromatic carbocycles. The minimum atomic E-state index is 0.689. The van der Waals surface area contributed by atoms with E-state index in [1.165, 1.54) is 12.7 Å². The van der Waals surface area contributed by atoms with Crippen molar-refractivity contribution in [3.8, 4) is 11.4 Å². The lowest BCUT2D eigenvalue weighted by Gasteiger charge is -2.12. The summed E-state index contributed by atoms with van der Waals surface area (Å²) in [7, 11) is 1.78. The van der Waals surface area contributed by atoms with Gasteiger partial charge in [0.1, 0.15) is 6.33 Å². The number of aliphatic imine (C=N–C) groups is 1. The Hall–Kier alpha value is -2.41. The molecule has 2 aromatic rings. The number of benzene rings is 1. The van der Waals surface area contributed by atoms with Crippen LogP contribution in [0.15, 0.2) is 35.6 Å². The molecule has 0 saturated carbocycles. The zero-order valence-corrected chi connectivity index (χ0v) is 15.1. The molecule has 7 heteroatoms. The number of aromatic amines is 1. The number of H-pyrrole nitrogens is 1. The summed E-state index contributed by atoms with van der Waals surface area (Å²) in [5.74, 6) is 1.56. The van der Waals surface area contributed by atoms with Crippen LogP contribution in [0.3, 0.4) is 0 Å². The maximum Gasteiger partial charge on any atom is 0.191 e. The Balaban J connectivity index is 1.71. The molecular formula is C18H28N6O. The summed E-state index contributed by atoms with van der Waals surface area (Å²) in [6, 6.07) is 8.18. The normalized spacial score (nSPS) is 11.5. The molecule has 0 aliphatic heterocycles. The number of guanidine groups is 1. The van der Waals surface area contributed by atoms with Crippen LogP contribution in [0.2, 0.25) is 0 Å². The van der Waals surface area contributed by atoms with Crippen molar-refractivity contribution in [2.75, 3.05) is 26.8 Å². The summed E-state index contributed by atoms with van der Waals surface area (Å²) in [5, 5.41) is 13.4. The van der Waals surface area contributed by atoms with E-state index in [4.69, 9.17) is 4.74 Å². The topological polar surface area (TPSA) is 87.2 Å². The molecule has 3 N–H and O–H groups in total. The third-order valence-corrected chi connectivity index (χ3v) is 3.70. The minimum Gasteiger partial charge on any atom is -0.381 e. The Bertz CT molecular complexity index is 626. The molecule has 0 saturated heterocycles. The molecule has 0 aliphatic carbocycles. The highest BCUT2D eigenvalue weighted by atomic mass is 16.5. The molecule has 0 bridgehead atoms. The van der Waals surface area contributed by atoms with Crippen LogP contribution in [-0.4, -0.2) is 47.9 Å². The zero-order valence-electron chi connectivity index (χ0n) is 15.1. The van der Waals surface area contributed by atoms with Gasteiger partial charge < -0.3 is 15.4 Å².